The zero-order valence-corrected chi connectivity index (χ0v) is 14.9. The van der Waals surface area contributed by atoms with Gasteiger partial charge in [0.2, 0.25) is 0 Å². The molecule has 0 saturated carbocycles. The van der Waals surface area contributed by atoms with E-state index in [1.807, 2.05) is 24.8 Å². The molecule has 0 fully saturated rings. The van der Waals surface area contributed by atoms with Gasteiger partial charge < -0.3 is 4.90 Å². The molecule has 4 nitrogen and oxygen atoms in total. The summed E-state index contributed by atoms with van der Waals surface area (Å²) in [6, 6.07) is 8.66. The molecule has 0 N–H and O–H groups in total. The first-order valence-corrected chi connectivity index (χ1v) is 8.85. The Bertz CT molecular complexity index is 914. The van der Waals surface area contributed by atoms with Crippen LogP contribution >= 0.6 is 11.8 Å². The summed E-state index contributed by atoms with van der Waals surface area (Å²) < 4.78 is 13.4. The number of thioether (sulfide) groups is 1. The van der Waals surface area contributed by atoms with Crippen molar-refractivity contribution in [3.8, 4) is 6.07 Å². The van der Waals surface area contributed by atoms with Crippen molar-refractivity contribution in [1.29, 1.82) is 5.26 Å². The van der Waals surface area contributed by atoms with E-state index in [0.29, 0.717) is 28.5 Å². The third-order valence-corrected chi connectivity index (χ3v) is 4.77. The van der Waals surface area contributed by atoms with Crippen LogP contribution in [0.15, 0.2) is 40.9 Å². The van der Waals surface area contributed by atoms with Gasteiger partial charge in [0.25, 0.3) is 0 Å². The summed E-state index contributed by atoms with van der Waals surface area (Å²) in [5.74, 6) is 0.555. The van der Waals surface area contributed by atoms with Gasteiger partial charge in [-0.05, 0) is 30.4 Å². The van der Waals surface area contributed by atoms with Crippen molar-refractivity contribution >= 4 is 29.5 Å². The van der Waals surface area contributed by atoms with Crippen LogP contribution in [0.3, 0.4) is 0 Å². The highest BCUT2D eigenvalue weighted by molar-refractivity contribution is 7.99. The molecule has 0 amide bonds. The fourth-order valence-electron chi connectivity index (χ4n) is 2.79. The van der Waals surface area contributed by atoms with E-state index in [0.717, 1.165) is 22.6 Å². The Balaban J connectivity index is 2.00. The van der Waals surface area contributed by atoms with Crippen molar-refractivity contribution in [2.45, 2.75) is 25.4 Å². The summed E-state index contributed by atoms with van der Waals surface area (Å²) in [6.07, 6.45) is 1.65. The Morgan fingerprint density at radius 2 is 2.20 bits per heavy atom. The van der Waals surface area contributed by atoms with Gasteiger partial charge in [-0.3, -0.25) is 0 Å². The minimum atomic E-state index is -0.275. The van der Waals surface area contributed by atoms with Crippen LogP contribution in [0, 0.1) is 24.1 Å². The third kappa shape index (κ3) is 3.28. The minimum absolute atomic E-state index is 0.275. The van der Waals surface area contributed by atoms with Gasteiger partial charge in [0.1, 0.15) is 22.5 Å². The lowest BCUT2D eigenvalue weighted by atomic mass is 10.0. The number of aromatic nitrogens is 1. The molecule has 25 heavy (non-hydrogen) atoms. The van der Waals surface area contributed by atoms with Gasteiger partial charge in [0.05, 0.1) is 17.7 Å². The molecule has 2 aromatic rings. The molecule has 1 aliphatic heterocycles. The number of halogens is 1. The number of hydrogen-bond acceptors (Lipinski definition) is 5. The molecule has 0 spiro atoms. The van der Waals surface area contributed by atoms with E-state index in [2.05, 4.69) is 22.6 Å². The molecule has 6 heteroatoms. The molecular formula is C19H17FN4S. The van der Waals surface area contributed by atoms with Crippen molar-refractivity contribution < 1.29 is 4.39 Å². The van der Waals surface area contributed by atoms with E-state index in [-0.39, 0.29) is 5.82 Å². The van der Waals surface area contributed by atoms with Crippen LogP contribution < -0.4 is 0 Å². The maximum Gasteiger partial charge on any atom is 0.123 e. The summed E-state index contributed by atoms with van der Waals surface area (Å²) in [7, 11) is 0. The van der Waals surface area contributed by atoms with Crippen molar-refractivity contribution in [2.24, 2.45) is 4.99 Å². The zero-order chi connectivity index (χ0) is 18.0. The van der Waals surface area contributed by atoms with Crippen molar-refractivity contribution in [3.05, 3.63) is 59.0 Å². The number of hydrogen-bond donors (Lipinski definition) is 0. The van der Waals surface area contributed by atoms with Crippen LogP contribution in [0.25, 0.3) is 5.70 Å². The van der Waals surface area contributed by atoms with Crippen LogP contribution in [0.2, 0.25) is 0 Å². The number of benzene rings is 1. The molecular weight excluding hydrogens is 335 g/mol. The molecule has 1 aromatic carbocycles. The summed E-state index contributed by atoms with van der Waals surface area (Å²) in [4.78, 5) is 10.9. The second kappa shape index (κ2) is 7.08. The number of aliphatic imine (C=N–C) groups is 1. The second-order valence-electron chi connectivity index (χ2n) is 5.59. The Labute approximate surface area is 150 Å². The van der Waals surface area contributed by atoms with Gasteiger partial charge in [0, 0.05) is 17.8 Å². The predicted octanol–water partition coefficient (Wildman–Crippen LogP) is 4.66. The normalized spacial score (nSPS) is 12.9. The number of nitriles is 1. The molecule has 126 valence electrons. The summed E-state index contributed by atoms with van der Waals surface area (Å²) in [6.45, 7) is 8.52. The molecule has 0 bridgehead atoms. The van der Waals surface area contributed by atoms with Crippen LogP contribution in [0.4, 0.5) is 10.1 Å². The van der Waals surface area contributed by atoms with E-state index in [4.69, 9.17) is 0 Å². The van der Waals surface area contributed by atoms with Crippen LogP contribution in [0.1, 0.15) is 29.3 Å². The lowest BCUT2D eigenvalue weighted by Crippen LogP contribution is -2.23. The fraction of sp³-hybridized carbons (Fsp3) is 0.211. The molecule has 2 heterocycles. The first-order chi connectivity index (χ1) is 12.0. The SMILES string of the molecule is C=C1c2c(C)nc(SCC)c(C#N)c2N=CN1Cc1cccc(F)c1. The van der Waals surface area contributed by atoms with E-state index >= 15 is 0 Å². The van der Waals surface area contributed by atoms with E-state index in [1.54, 1.807) is 12.4 Å². The van der Waals surface area contributed by atoms with E-state index < -0.39 is 0 Å². The summed E-state index contributed by atoms with van der Waals surface area (Å²) in [5.41, 5.74) is 4.19. The third-order valence-electron chi connectivity index (χ3n) is 3.91. The Hall–Kier alpha value is -2.65. The van der Waals surface area contributed by atoms with Gasteiger partial charge in [-0.2, -0.15) is 5.26 Å². The summed E-state index contributed by atoms with van der Waals surface area (Å²) >= 11 is 1.53. The highest BCUT2D eigenvalue weighted by Gasteiger charge is 2.25. The highest BCUT2D eigenvalue weighted by Crippen LogP contribution is 2.39. The number of pyridine rings is 1. The largest absolute Gasteiger partial charge is 0.328 e. The maximum atomic E-state index is 13.4. The van der Waals surface area contributed by atoms with E-state index in [9.17, 15) is 9.65 Å². The average molecular weight is 352 g/mol. The monoisotopic (exact) mass is 352 g/mol. The Morgan fingerprint density at radius 1 is 1.40 bits per heavy atom. The molecule has 0 radical (unpaired) electrons. The van der Waals surface area contributed by atoms with Crippen molar-refractivity contribution in [3.63, 3.8) is 0 Å². The number of fused-ring (bicyclic) bond motifs is 1. The predicted molar refractivity (Wildman–Crippen MR) is 99.2 cm³/mol. The molecule has 0 atom stereocenters. The molecule has 0 unspecified atom stereocenters. The van der Waals surface area contributed by atoms with Crippen LogP contribution in [0.5, 0.6) is 0 Å². The van der Waals surface area contributed by atoms with Gasteiger partial charge in [-0.15, -0.1) is 11.8 Å². The minimum Gasteiger partial charge on any atom is -0.328 e. The molecule has 1 aromatic heterocycles. The molecule has 0 saturated heterocycles. The Kier molecular flexibility index (Phi) is 4.86. The number of nitrogens with zero attached hydrogens (tertiary/aromatic N) is 4. The standard InChI is InChI=1S/C19H17FN4S/c1-4-25-19-16(9-21)18-17(12(2)23-19)13(3)24(11-22-18)10-14-6-5-7-15(20)8-14/h5-8,11H,3-4,10H2,1-2H3. The van der Waals surface area contributed by atoms with Gasteiger partial charge in [-0.25, -0.2) is 14.4 Å². The average Bonchev–Trinajstić information content (AvgIpc) is 2.58. The molecule has 3 rings (SSSR count). The first kappa shape index (κ1) is 17.2. The van der Waals surface area contributed by atoms with Crippen molar-refractivity contribution in [2.75, 3.05) is 5.75 Å². The number of aryl methyl sites for hydroxylation is 1. The molecule has 1 aliphatic rings. The molecule has 0 aliphatic carbocycles. The highest BCUT2D eigenvalue weighted by atomic mass is 32.2. The Morgan fingerprint density at radius 3 is 2.88 bits per heavy atom. The zero-order valence-electron chi connectivity index (χ0n) is 14.1. The van der Waals surface area contributed by atoms with Gasteiger partial charge in [0.15, 0.2) is 0 Å². The smallest absolute Gasteiger partial charge is 0.123 e. The number of rotatable bonds is 4. The van der Waals surface area contributed by atoms with Crippen LogP contribution in [-0.2, 0) is 6.54 Å². The topological polar surface area (TPSA) is 52.3 Å². The van der Waals surface area contributed by atoms with Crippen molar-refractivity contribution in [1.82, 2.24) is 9.88 Å². The van der Waals surface area contributed by atoms with Gasteiger partial charge in [-0.1, -0.05) is 25.6 Å². The maximum absolute atomic E-state index is 13.4. The van der Waals surface area contributed by atoms with Crippen LogP contribution in [-0.4, -0.2) is 22.0 Å². The lowest BCUT2D eigenvalue weighted by molar-refractivity contribution is 0.578. The fourth-order valence-corrected chi connectivity index (χ4v) is 3.55. The summed E-state index contributed by atoms with van der Waals surface area (Å²) in [5, 5.41) is 10.2. The van der Waals surface area contributed by atoms with Gasteiger partial charge >= 0.3 is 0 Å². The van der Waals surface area contributed by atoms with E-state index in [1.165, 1.54) is 23.9 Å². The quantitative estimate of drug-likeness (QED) is 0.751. The second-order valence-corrected chi connectivity index (χ2v) is 6.85. The first-order valence-electron chi connectivity index (χ1n) is 7.87. The lowest BCUT2D eigenvalue weighted by Gasteiger charge is -2.28.